The number of nitrogens with zero attached hydrogens (tertiary/aromatic N) is 1. The van der Waals surface area contributed by atoms with Gasteiger partial charge in [0.1, 0.15) is 0 Å². The van der Waals surface area contributed by atoms with Gasteiger partial charge in [0.05, 0.1) is 0 Å². The first-order chi connectivity index (χ1) is 9.19. The minimum atomic E-state index is -0.107. The molecule has 1 aliphatic carbocycles. The van der Waals surface area contributed by atoms with Gasteiger partial charge in [0.2, 0.25) is 0 Å². The van der Waals surface area contributed by atoms with Gasteiger partial charge >= 0.3 is 0 Å². The van der Waals surface area contributed by atoms with Gasteiger partial charge in [-0.15, -0.1) is 0 Å². The van der Waals surface area contributed by atoms with Crippen LogP contribution in [0.1, 0.15) is 54.4 Å². The number of benzene rings is 1. The molecular weight excluding hydrogens is 236 g/mol. The molecule has 3 nitrogen and oxygen atoms in total. The highest BCUT2D eigenvalue weighted by molar-refractivity contribution is 5.94. The minimum absolute atomic E-state index is 0.107. The van der Waals surface area contributed by atoms with Crippen LogP contribution in [0.4, 0.5) is 0 Å². The molecule has 1 saturated heterocycles. The van der Waals surface area contributed by atoms with Crippen LogP contribution in [0.15, 0.2) is 24.3 Å². The molecule has 3 heteroatoms. The lowest BCUT2D eigenvalue weighted by Crippen LogP contribution is -2.31. The van der Waals surface area contributed by atoms with Gasteiger partial charge < -0.3 is 10.6 Å². The van der Waals surface area contributed by atoms with Crippen LogP contribution in [0, 0.1) is 0 Å². The molecule has 0 bridgehead atoms. The van der Waals surface area contributed by atoms with Gasteiger partial charge in [0.25, 0.3) is 5.91 Å². The fraction of sp³-hybridized carbons (Fsp3) is 0.562. The van der Waals surface area contributed by atoms with E-state index in [1.165, 1.54) is 18.4 Å². The summed E-state index contributed by atoms with van der Waals surface area (Å²) in [7, 11) is 0. The molecule has 2 fully saturated rings. The van der Waals surface area contributed by atoms with Crippen molar-refractivity contribution in [2.24, 2.45) is 5.73 Å². The highest BCUT2D eigenvalue weighted by Crippen LogP contribution is 2.42. The van der Waals surface area contributed by atoms with Crippen molar-refractivity contribution < 1.29 is 4.79 Å². The molecule has 102 valence electrons. The zero-order chi connectivity index (χ0) is 13.3. The molecule has 0 atom stereocenters. The Hall–Kier alpha value is -1.35. The maximum Gasteiger partial charge on any atom is 0.253 e. The lowest BCUT2D eigenvalue weighted by Gasteiger charge is -2.20. The van der Waals surface area contributed by atoms with Gasteiger partial charge in [-0.05, 0) is 43.4 Å². The summed E-state index contributed by atoms with van der Waals surface area (Å²) in [5.41, 5.74) is 8.02. The van der Waals surface area contributed by atoms with Gasteiger partial charge in [0.15, 0.2) is 0 Å². The molecule has 0 radical (unpaired) electrons. The molecule has 1 heterocycles. The molecule has 2 N–H and O–H groups in total. The Kier molecular flexibility index (Phi) is 3.31. The number of nitrogens with two attached hydrogens (primary N) is 1. The summed E-state index contributed by atoms with van der Waals surface area (Å²) < 4.78 is 0. The maximum atomic E-state index is 12.4. The van der Waals surface area contributed by atoms with Gasteiger partial charge in [-0.3, -0.25) is 4.79 Å². The SMILES string of the molecule is NC1(c2ccc(C(=O)N3CCCCCC3)cc2)CC1. The molecule has 1 aromatic rings. The second kappa shape index (κ2) is 4.97. The molecule has 1 aromatic carbocycles. The van der Waals surface area contributed by atoms with E-state index in [1.54, 1.807) is 0 Å². The maximum absolute atomic E-state index is 12.4. The van der Waals surface area contributed by atoms with E-state index >= 15 is 0 Å². The Morgan fingerprint density at radius 2 is 1.58 bits per heavy atom. The van der Waals surface area contributed by atoms with Crippen LogP contribution in [0.5, 0.6) is 0 Å². The van der Waals surface area contributed by atoms with Crippen molar-refractivity contribution in [1.82, 2.24) is 4.90 Å². The standard InChI is InChI=1S/C16H22N2O/c17-16(9-10-16)14-7-5-13(6-8-14)15(19)18-11-3-1-2-4-12-18/h5-8H,1-4,9-12,17H2. The van der Waals surface area contributed by atoms with Crippen LogP contribution in [0.2, 0.25) is 0 Å². The third kappa shape index (κ3) is 2.66. The van der Waals surface area contributed by atoms with E-state index in [4.69, 9.17) is 5.73 Å². The fourth-order valence-electron chi connectivity index (χ4n) is 2.82. The highest BCUT2D eigenvalue weighted by atomic mass is 16.2. The second-order valence-electron chi connectivity index (χ2n) is 5.94. The van der Waals surface area contributed by atoms with E-state index < -0.39 is 0 Å². The predicted octanol–water partition coefficient (Wildman–Crippen LogP) is 2.65. The fourth-order valence-corrected chi connectivity index (χ4v) is 2.82. The molecule has 19 heavy (non-hydrogen) atoms. The molecular formula is C16H22N2O. The summed E-state index contributed by atoms with van der Waals surface area (Å²) in [6.07, 6.45) is 6.89. The first-order valence-corrected chi connectivity index (χ1v) is 7.38. The van der Waals surface area contributed by atoms with Gasteiger partial charge in [0, 0.05) is 24.2 Å². The first kappa shape index (κ1) is 12.7. The van der Waals surface area contributed by atoms with E-state index in [9.17, 15) is 4.79 Å². The zero-order valence-electron chi connectivity index (χ0n) is 11.4. The van der Waals surface area contributed by atoms with Crippen LogP contribution < -0.4 is 5.73 Å². The Labute approximate surface area is 114 Å². The first-order valence-electron chi connectivity index (χ1n) is 7.38. The number of amides is 1. The number of rotatable bonds is 2. The second-order valence-corrected chi connectivity index (χ2v) is 5.94. The normalized spacial score (nSPS) is 21.8. The summed E-state index contributed by atoms with van der Waals surface area (Å²) in [4.78, 5) is 14.4. The Balaban J connectivity index is 1.72. The summed E-state index contributed by atoms with van der Waals surface area (Å²) in [6, 6.07) is 7.93. The van der Waals surface area contributed by atoms with Crippen molar-refractivity contribution in [3.63, 3.8) is 0 Å². The molecule has 0 aromatic heterocycles. The van der Waals surface area contributed by atoms with Crippen molar-refractivity contribution in [1.29, 1.82) is 0 Å². The summed E-state index contributed by atoms with van der Waals surface area (Å²) in [5, 5.41) is 0. The summed E-state index contributed by atoms with van der Waals surface area (Å²) in [6.45, 7) is 1.81. The Morgan fingerprint density at radius 3 is 2.11 bits per heavy atom. The topological polar surface area (TPSA) is 46.3 Å². The van der Waals surface area contributed by atoms with Gasteiger partial charge in [-0.2, -0.15) is 0 Å². The molecule has 3 rings (SSSR count). The average molecular weight is 258 g/mol. The van der Waals surface area contributed by atoms with E-state index in [2.05, 4.69) is 0 Å². The third-order valence-electron chi connectivity index (χ3n) is 4.39. The molecule has 1 saturated carbocycles. The number of carbonyl (C=O) groups excluding carboxylic acids is 1. The van der Waals surface area contributed by atoms with E-state index in [-0.39, 0.29) is 11.4 Å². The Morgan fingerprint density at radius 1 is 1.00 bits per heavy atom. The van der Waals surface area contributed by atoms with Crippen LogP contribution in [-0.4, -0.2) is 23.9 Å². The van der Waals surface area contributed by atoms with Crippen molar-refractivity contribution in [2.75, 3.05) is 13.1 Å². The van der Waals surface area contributed by atoms with Crippen molar-refractivity contribution in [3.8, 4) is 0 Å². The smallest absolute Gasteiger partial charge is 0.253 e. The van der Waals surface area contributed by atoms with Crippen molar-refractivity contribution >= 4 is 5.91 Å². The lowest BCUT2D eigenvalue weighted by atomic mass is 10.0. The van der Waals surface area contributed by atoms with Crippen LogP contribution in [0.3, 0.4) is 0 Å². The number of likely N-dealkylation sites (tertiary alicyclic amines) is 1. The highest BCUT2D eigenvalue weighted by Gasteiger charge is 2.39. The zero-order valence-corrected chi connectivity index (χ0v) is 11.4. The molecule has 2 aliphatic rings. The quantitative estimate of drug-likeness (QED) is 0.886. The van der Waals surface area contributed by atoms with E-state index in [1.807, 2.05) is 29.2 Å². The van der Waals surface area contributed by atoms with Crippen LogP contribution >= 0.6 is 0 Å². The largest absolute Gasteiger partial charge is 0.339 e. The van der Waals surface area contributed by atoms with E-state index in [0.717, 1.165) is 44.3 Å². The van der Waals surface area contributed by atoms with Crippen LogP contribution in [-0.2, 0) is 5.54 Å². The van der Waals surface area contributed by atoms with E-state index in [0.29, 0.717) is 0 Å². The van der Waals surface area contributed by atoms with Gasteiger partial charge in [-0.25, -0.2) is 0 Å². The molecule has 1 aliphatic heterocycles. The molecule has 0 spiro atoms. The molecule has 1 amide bonds. The van der Waals surface area contributed by atoms with Crippen molar-refractivity contribution in [3.05, 3.63) is 35.4 Å². The summed E-state index contributed by atoms with van der Waals surface area (Å²) >= 11 is 0. The molecule has 0 unspecified atom stereocenters. The van der Waals surface area contributed by atoms with Crippen LogP contribution in [0.25, 0.3) is 0 Å². The number of hydrogen-bond donors (Lipinski definition) is 1. The summed E-state index contributed by atoms with van der Waals surface area (Å²) in [5.74, 6) is 0.176. The minimum Gasteiger partial charge on any atom is -0.339 e. The average Bonchev–Trinajstić information content (AvgIpc) is 3.22. The predicted molar refractivity (Wildman–Crippen MR) is 75.9 cm³/mol. The monoisotopic (exact) mass is 258 g/mol. The number of carbonyl (C=O) groups is 1. The Bertz CT molecular complexity index is 454. The third-order valence-corrected chi connectivity index (χ3v) is 4.39. The lowest BCUT2D eigenvalue weighted by molar-refractivity contribution is 0.0761. The number of hydrogen-bond acceptors (Lipinski definition) is 2. The van der Waals surface area contributed by atoms with Gasteiger partial charge in [-0.1, -0.05) is 25.0 Å². The van der Waals surface area contributed by atoms with Crippen molar-refractivity contribution in [2.45, 2.75) is 44.1 Å².